The maximum atomic E-state index is 13.1. The number of amides is 1. The molecule has 1 aromatic carbocycles. The van der Waals surface area contributed by atoms with Crippen LogP contribution >= 0.6 is 11.6 Å². The number of benzene rings is 1. The molecule has 9 heteroatoms. The summed E-state index contributed by atoms with van der Waals surface area (Å²) in [6.07, 6.45) is 10.0. The third-order valence-corrected chi connectivity index (χ3v) is 6.79. The van der Waals surface area contributed by atoms with Crippen LogP contribution in [0.3, 0.4) is 0 Å². The monoisotopic (exact) mass is 463 g/mol. The molecule has 0 spiro atoms. The Kier molecular flexibility index (Phi) is 6.83. The van der Waals surface area contributed by atoms with Crippen LogP contribution < -0.4 is 5.32 Å². The van der Waals surface area contributed by atoms with Crippen molar-refractivity contribution < 1.29 is 18.3 Å². The zero-order valence-electron chi connectivity index (χ0n) is 17.7. The van der Waals surface area contributed by atoms with Gasteiger partial charge in [-0.05, 0) is 50.3 Å². The van der Waals surface area contributed by atoms with E-state index in [1.54, 1.807) is 19.9 Å². The third kappa shape index (κ3) is 5.90. The van der Waals surface area contributed by atoms with Crippen LogP contribution in [0.5, 0.6) is 0 Å². The lowest BCUT2D eigenvalue weighted by molar-refractivity contribution is -0.111. The molecule has 0 saturated heterocycles. The zero-order chi connectivity index (χ0) is 22.8. The van der Waals surface area contributed by atoms with Gasteiger partial charge in [-0.15, -0.1) is 0 Å². The Morgan fingerprint density at radius 3 is 2.42 bits per heavy atom. The number of hydrogen-bond donors (Lipinski definition) is 2. The van der Waals surface area contributed by atoms with Crippen LogP contribution in [0.4, 0.5) is 5.82 Å². The number of nitrogens with one attached hydrogen (secondary N) is 1. The molecule has 2 N–H and O–H groups in total. The van der Waals surface area contributed by atoms with E-state index in [1.165, 1.54) is 24.5 Å². The molecule has 1 aliphatic carbocycles. The van der Waals surface area contributed by atoms with Crippen molar-refractivity contribution in [1.82, 2.24) is 9.97 Å². The molecule has 7 nitrogen and oxygen atoms in total. The van der Waals surface area contributed by atoms with Gasteiger partial charge in [-0.2, -0.15) is 0 Å². The molecule has 1 saturated carbocycles. The number of aliphatic hydroxyl groups is 1. The van der Waals surface area contributed by atoms with Gasteiger partial charge < -0.3 is 10.4 Å². The maximum absolute atomic E-state index is 13.1. The highest BCUT2D eigenvalue weighted by atomic mass is 35.5. The van der Waals surface area contributed by atoms with Crippen molar-refractivity contribution in [1.29, 1.82) is 0 Å². The molecule has 1 aromatic heterocycles. The largest absolute Gasteiger partial charge is 0.384 e. The van der Waals surface area contributed by atoms with Crippen LogP contribution in [-0.2, 0) is 20.2 Å². The second kappa shape index (κ2) is 9.06. The second-order valence-corrected chi connectivity index (χ2v) is 10.7. The first-order valence-electron chi connectivity index (χ1n) is 10.0. The number of carbonyl (C=O) groups excluding carboxylic acids is 1. The summed E-state index contributed by atoms with van der Waals surface area (Å²) in [5.41, 5.74) is 0.182. The molecule has 0 atom stereocenters. The summed E-state index contributed by atoms with van der Waals surface area (Å²) in [5, 5.41) is 12.8. The molecule has 2 aromatic rings. The summed E-state index contributed by atoms with van der Waals surface area (Å²) in [4.78, 5) is 21.5. The van der Waals surface area contributed by atoms with E-state index in [4.69, 9.17) is 11.6 Å². The number of allylic oxidation sites excluding steroid dienone is 1. The molecule has 1 fully saturated rings. The van der Waals surface area contributed by atoms with Gasteiger partial charge in [0.2, 0.25) is 0 Å². The number of halogens is 1. The van der Waals surface area contributed by atoms with Crippen molar-refractivity contribution in [2.45, 2.75) is 50.0 Å². The summed E-state index contributed by atoms with van der Waals surface area (Å²) in [7, 11) is -3.47. The average molecular weight is 464 g/mol. The normalized spacial score (nSPS) is 15.8. The summed E-state index contributed by atoms with van der Waals surface area (Å²) in [6.45, 7) is 3.20. The van der Waals surface area contributed by atoms with Crippen molar-refractivity contribution in [3.63, 3.8) is 0 Å². The molecule has 1 amide bonds. The van der Waals surface area contributed by atoms with Crippen molar-refractivity contribution >= 4 is 38.7 Å². The molecule has 0 aliphatic heterocycles. The fourth-order valence-corrected chi connectivity index (χ4v) is 4.85. The molecular weight excluding hydrogens is 438 g/mol. The van der Waals surface area contributed by atoms with Crippen LogP contribution in [-0.4, -0.2) is 35.7 Å². The Bertz CT molecular complexity index is 1100. The Labute approximate surface area is 187 Å². The van der Waals surface area contributed by atoms with Gasteiger partial charge >= 0.3 is 0 Å². The lowest BCUT2D eigenvalue weighted by Crippen LogP contribution is -2.19. The minimum Gasteiger partial charge on any atom is -0.384 e. The van der Waals surface area contributed by atoms with E-state index in [0.29, 0.717) is 16.8 Å². The molecule has 1 heterocycles. The van der Waals surface area contributed by atoms with Gasteiger partial charge in [0, 0.05) is 11.8 Å². The van der Waals surface area contributed by atoms with E-state index in [0.717, 1.165) is 31.9 Å². The van der Waals surface area contributed by atoms with Gasteiger partial charge in [0.15, 0.2) is 15.7 Å². The molecule has 0 unspecified atom stereocenters. The van der Waals surface area contributed by atoms with Crippen molar-refractivity contribution in [2.24, 2.45) is 5.92 Å². The smallest absolute Gasteiger partial charge is 0.257 e. The Hall–Kier alpha value is -2.29. The maximum Gasteiger partial charge on any atom is 0.257 e. The lowest BCUT2D eigenvalue weighted by Gasteiger charge is -2.16. The van der Waals surface area contributed by atoms with E-state index >= 15 is 0 Å². The molecule has 166 valence electrons. The molecular formula is C22H26ClN3O4S. The van der Waals surface area contributed by atoms with E-state index in [2.05, 4.69) is 15.3 Å². The van der Waals surface area contributed by atoms with E-state index in [-0.39, 0.29) is 27.6 Å². The Morgan fingerprint density at radius 2 is 1.90 bits per heavy atom. The van der Waals surface area contributed by atoms with Crippen LogP contribution in [0.1, 0.15) is 50.8 Å². The highest BCUT2D eigenvalue weighted by molar-refractivity contribution is 7.90. The summed E-state index contributed by atoms with van der Waals surface area (Å²) < 4.78 is 23.8. The van der Waals surface area contributed by atoms with Crippen molar-refractivity contribution in [3.8, 4) is 0 Å². The first kappa shape index (κ1) is 23.4. The van der Waals surface area contributed by atoms with Gasteiger partial charge in [0.25, 0.3) is 5.91 Å². The topological polar surface area (TPSA) is 109 Å². The number of carbonyl (C=O) groups is 1. The minimum atomic E-state index is -3.47. The Morgan fingerprint density at radius 1 is 1.23 bits per heavy atom. The third-order valence-electron chi connectivity index (χ3n) is 5.21. The van der Waals surface area contributed by atoms with E-state index in [9.17, 15) is 18.3 Å². The number of nitrogens with zero attached hydrogens (tertiary/aromatic N) is 2. The number of rotatable bonds is 6. The van der Waals surface area contributed by atoms with Crippen molar-refractivity contribution in [3.05, 3.63) is 52.9 Å². The molecule has 0 bridgehead atoms. The van der Waals surface area contributed by atoms with Crippen LogP contribution in [0.15, 0.2) is 41.6 Å². The van der Waals surface area contributed by atoms with Crippen LogP contribution in [0, 0.1) is 5.92 Å². The number of sulfone groups is 1. The summed E-state index contributed by atoms with van der Waals surface area (Å²) in [5.74, 6) is 0.118. The molecule has 1 aliphatic rings. The first-order chi connectivity index (χ1) is 14.4. The van der Waals surface area contributed by atoms with Gasteiger partial charge in [-0.3, -0.25) is 9.78 Å². The fourth-order valence-electron chi connectivity index (χ4n) is 3.52. The van der Waals surface area contributed by atoms with Crippen LogP contribution in [0.25, 0.3) is 5.57 Å². The first-order valence-corrected chi connectivity index (χ1v) is 12.3. The van der Waals surface area contributed by atoms with E-state index in [1.807, 2.05) is 6.08 Å². The lowest BCUT2D eigenvalue weighted by atomic mass is 9.98. The van der Waals surface area contributed by atoms with Crippen LogP contribution in [0.2, 0.25) is 5.02 Å². The predicted octanol–water partition coefficient (Wildman–Crippen LogP) is 3.97. The van der Waals surface area contributed by atoms with Crippen molar-refractivity contribution in [2.75, 3.05) is 11.6 Å². The Balaban J connectivity index is 1.92. The fraction of sp³-hybridized carbons (Fsp3) is 0.409. The summed E-state index contributed by atoms with van der Waals surface area (Å²) in [6, 6.07) is 4.51. The minimum absolute atomic E-state index is 0.0200. The molecule has 31 heavy (non-hydrogen) atoms. The summed E-state index contributed by atoms with van der Waals surface area (Å²) >= 11 is 6.22. The van der Waals surface area contributed by atoms with Gasteiger partial charge in [-0.25, -0.2) is 13.4 Å². The number of hydrogen-bond acceptors (Lipinski definition) is 6. The van der Waals surface area contributed by atoms with Gasteiger partial charge in [0.1, 0.15) is 5.60 Å². The highest BCUT2D eigenvalue weighted by Gasteiger charge is 2.22. The molecule has 3 rings (SSSR count). The highest BCUT2D eigenvalue weighted by Crippen LogP contribution is 2.32. The number of anilines is 1. The van der Waals surface area contributed by atoms with Gasteiger partial charge in [0.05, 0.1) is 28.0 Å². The predicted molar refractivity (Wildman–Crippen MR) is 120 cm³/mol. The average Bonchev–Trinajstić information content (AvgIpc) is 3.18. The quantitative estimate of drug-likeness (QED) is 0.627. The number of aromatic nitrogens is 2. The molecule has 0 radical (unpaired) electrons. The van der Waals surface area contributed by atoms with E-state index < -0.39 is 15.4 Å². The standard InChI is InChI=1S/C22H26ClN3O4S/c1-22(2,28)19-12-25-20(13-24-19)26-21(27)16(10-14-6-4-5-7-14)15-8-9-18(17(23)11-15)31(3,29)30/h8-14,28H,4-7H2,1-3H3,(H,25,26,27)/b16-10+. The van der Waals surface area contributed by atoms with Gasteiger partial charge in [-0.1, -0.05) is 36.6 Å². The zero-order valence-corrected chi connectivity index (χ0v) is 19.3. The SMILES string of the molecule is CC(C)(O)c1cnc(NC(=O)/C(=C/C2CCCC2)c2ccc(S(C)(=O)=O)c(Cl)c2)cn1. The second-order valence-electron chi connectivity index (χ2n) is 8.34.